The molecule has 0 bridgehead atoms. The van der Waals surface area contributed by atoms with Crippen LogP contribution in [0.4, 0.5) is 5.69 Å². The number of nitrogens with zero attached hydrogens (tertiary/aromatic N) is 1. The standard InChI is InChI=1S/C26H30ClNO8S/c1-15(29)35-14-26(2,3)13-28-19-10-9-16(27)11-18(19)22(36-25(24(28)32)37-12-21(30)31)17-7-6-8-20(33-4)23(17)34-5/h6-11,22,25H,12-14H2,1-5H3,(H,30,31)/t22-,25+/m1/s1. The molecule has 0 fully saturated rings. The highest BCUT2D eigenvalue weighted by molar-refractivity contribution is 8.01. The average molecular weight is 552 g/mol. The van der Waals surface area contributed by atoms with Crippen molar-refractivity contribution in [3.8, 4) is 11.5 Å². The Hall–Kier alpha value is -2.95. The van der Waals surface area contributed by atoms with E-state index in [-0.39, 0.29) is 18.9 Å². The zero-order valence-electron chi connectivity index (χ0n) is 21.3. The molecule has 1 amide bonds. The lowest BCUT2D eigenvalue weighted by Gasteiger charge is -2.33. The number of benzene rings is 2. The number of carbonyl (C=O) groups excluding carboxylic acids is 2. The van der Waals surface area contributed by atoms with E-state index in [1.165, 1.54) is 21.1 Å². The van der Waals surface area contributed by atoms with Gasteiger partial charge in [-0.05, 0) is 24.3 Å². The number of fused-ring (bicyclic) bond motifs is 1. The van der Waals surface area contributed by atoms with Gasteiger partial charge in [-0.1, -0.05) is 37.6 Å². The lowest BCUT2D eigenvalue weighted by Crippen LogP contribution is -2.45. The molecule has 200 valence electrons. The van der Waals surface area contributed by atoms with Crippen LogP contribution in [0.2, 0.25) is 5.02 Å². The third kappa shape index (κ3) is 6.88. The van der Waals surface area contributed by atoms with E-state index in [9.17, 15) is 19.5 Å². The zero-order valence-corrected chi connectivity index (χ0v) is 22.9. The van der Waals surface area contributed by atoms with Crippen LogP contribution >= 0.6 is 23.4 Å². The molecule has 0 aromatic heterocycles. The van der Waals surface area contributed by atoms with E-state index in [1.54, 1.807) is 41.3 Å². The maximum absolute atomic E-state index is 13.9. The third-order valence-electron chi connectivity index (χ3n) is 5.62. The molecular weight excluding hydrogens is 522 g/mol. The van der Waals surface area contributed by atoms with Gasteiger partial charge < -0.3 is 29.0 Å². The molecular formula is C26H30ClNO8S. The van der Waals surface area contributed by atoms with E-state index in [0.29, 0.717) is 33.3 Å². The van der Waals surface area contributed by atoms with Crippen LogP contribution in [0, 0.1) is 5.41 Å². The van der Waals surface area contributed by atoms with E-state index in [0.717, 1.165) is 11.8 Å². The first-order valence-corrected chi connectivity index (χ1v) is 12.8. The summed E-state index contributed by atoms with van der Waals surface area (Å²) in [6.07, 6.45) is -0.837. The van der Waals surface area contributed by atoms with Crippen LogP contribution in [0.3, 0.4) is 0 Å². The second-order valence-corrected chi connectivity index (χ2v) is 10.7. The van der Waals surface area contributed by atoms with Gasteiger partial charge in [-0.3, -0.25) is 14.4 Å². The van der Waals surface area contributed by atoms with Gasteiger partial charge in [0, 0.05) is 35.0 Å². The van der Waals surface area contributed by atoms with E-state index in [2.05, 4.69) is 0 Å². The maximum Gasteiger partial charge on any atom is 0.313 e. The minimum absolute atomic E-state index is 0.0793. The fraction of sp³-hybridized carbons (Fsp3) is 0.423. The predicted octanol–water partition coefficient (Wildman–Crippen LogP) is 4.54. The monoisotopic (exact) mass is 551 g/mol. The Labute approximate surface area is 225 Å². The Morgan fingerprint density at radius 3 is 2.51 bits per heavy atom. The Morgan fingerprint density at radius 1 is 1.16 bits per heavy atom. The number of halogens is 1. The molecule has 2 aromatic carbocycles. The predicted molar refractivity (Wildman–Crippen MR) is 141 cm³/mol. The van der Waals surface area contributed by atoms with Crippen LogP contribution in [0.5, 0.6) is 11.5 Å². The largest absolute Gasteiger partial charge is 0.493 e. The summed E-state index contributed by atoms with van der Waals surface area (Å²) in [6, 6.07) is 10.4. The van der Waals surface area contributed by atoms with Gasteiger partial charge in [0.1, 0.15) is 6.10 Å². The highest BCUT2D eigenvalue weighted by Crippen LogP contribution is 2.46. The fourth-order valence-electron chi connectivity index (χ4n) is 4.03. The fourth-order valence-corrected chi connectivity index (χ4v) is 4.97. The number of carbonyl (C=O) groups is 3. The van der Waals surface area contributed by atoms with E-state index in [1.807, 2.05) is 13.8 Å². The van der Waals surface area contributed by atoms with Crippen LogP contribution in [0.25, 0.3) is 0 Å². The van der Waals surface area contributed by atoms with Crippen molar-refractivity contribution < 1.29 is 38.4 Å². The van der Waals surface area contributed by atoms with Crippen LogP contribution in [-0.2, 0) is 23.9 Å². The summed E-state index contributed by atoms with van der Waals surface area (Å²) in [7, 11) is 3.02. The molecule has 0 spiro atoms. The van der Waals surface area contributed by atoms with Crippen molar-refractivity contribution in [3.05, 3.63) is 52.5 Å². The number of rotatable bonds is 10. The quantitative estimate of drug-likeness (QED) is 0.425. The zero-order chi connectivity index (χ0) is 27.3. The van der Waals surface area contributed by atoms with E-state index >= 15 is 0 Å². The smallest absolute Gasteiger partial charge is 0.313 e. The number of thioether (sulfide) groups is 1. The Balaban J connectivity index is 2.18. The van der Waals surface area contributed by atoms with Crippen molar-refractivity contribution in [2.45, 2.75) is 32.3 Å². The Kier molecular flexibility index (Phi) is 9.33. The summed E-state index contributed by atoms with van der Waals surface area (Å²) in [6.45, 7) is 5.31. The van der Waals surface area contributed by atoms with Crippen molar-refractivity contribution in [1.29, 1.82) is 0 Å². The number of esters is 1. The maximum atomic E-state index is 13.9. The number of hydrogen-bond acceptors (Lipinski definition) is 8. The first-order valence-electron chi connectivity index (χ1n) is 11.4. The highest BCUT2D eigenvalue weighted by atomic mass is 35.5. The molecule has 2 atom stereocenters. The second-order valence-electron chi connectivity index (χ2n) is 9.21. The molecule has 37 heavy (non-hydrogen) atoms. The highest BCUT2D eigenvalue weighted by Gasteiger charge is 2.40. The summed E-state index contributed by atoms with van der Waals surface area (Å²) >= 11 is 7.27. The van der Waals surface area contributed by atoms with Crippen molar-refractivity contribution in [2.24, 2.45) is 5.41 Å². The minimum atomic E-state index is -1.16. The molecule has 9 nitrogen and oxygen atoms in total. The number of carboxylic acids is 1. The third-order valence-corrected chi connectivity index (χ3v) is 6.88. The number of methoxy groups -OCH3 is 2. The van der Waals surface area contributed by atoms with Gasteiger partial charge in [0.25, 0.3) is 5.91 Å². The summed E-state index contributed by atoms with van der Waals surface area (Å²) in [4.78, 5) is 38.2. The number of amides is 1. The van der Waals surface area contributed by atoms with Crippen molar-refractivity contribution in [3.63, 3.8) is 0 Å². The number of carboxylic acid groups (broad SMARTS) is 1. The molecule has 0 radical (unpaired) electrons. The minimum Gasteiger partial charge on any atom is -0.493 e. The van der Waals surface area contributed by atoms with Gasteiger partial charge in [-0.15, -0.1) is 11.8 Å². The first-order chi connectivity index (χ1) is 17.5. The number of para-hydroxylation sites is 1. The van der Waals surface area contributed by atoms with Gasteiger partial charge in [-0.25, -0.2) is 0 Å². The summed E-state index contributed by atoms with van der Waals surface area (Å²) < 4.78 is 22.7. The van der Waals surface area contributed by atoms with Gasteiger partial charge in [0.05, 0.1) is 32.3 Å². The average Bonchev–Trinajstić information content (AvgIpc) is 2.95. The molecule has 0 saturated heterocycles. The molecule has 0 saturated carbocycles. The lowest BCUT2D eigenvalue weighted by molar-refractivity contribution is -0.143. The topological polar surface area (TPSA) is 112 Å². The molecule has 0 aliphatic carbocycles. The van der Waals surface area contributed by atoms with Crippen molar-refractivity contribution >= 4 is 46.9 Å². The van der Waals surface area contributed by atoms with Crippen LogP contribution < -0.4 is 14.4 Å². The lowest BCUT2D eigenvalue weighted by atomic mass is 9.92. The Bertz CT molecular complexity index is 1170. The molecule has 1 N–H and O–H groups in total. The molecule has 0 unspecified atom stereocenters. The van der Waals surface area contributed by atoms with E-state index in [4.69, 9.17) is 30.5 Å². The first kappa shape index (κ1) is 28.6. The molecule has 1 aliphatic heterocycles. The summed E-state index contributed by atoms with van der Waals surface area (Å²) in [5, 5.41) is 9.74. The number of anilines is 1. The van der Waals surface area contributed by atoms with Crippen LogP contribution in [0.1, 0.15) is 38.0 Å². The molecule has 11 heteroatoms. The van der Waals surface area contributed by atoms with Crippen LogP contribution in [0.15, 0.2) is 36.4 Å². The van der Waals surface area contributed by atoms with Crippen LogP contribution in [-0.4, -0.2) is 61.5 Å². The SMILES string of the molecule is COc1cccc([C@H]2O[C@@H](SCC(=O)O)C(=O)N(CC(C)(C)COC(C)=O)c3ccc(Cl)cc32)c1OC. The molecule has 1 aliphatic rings. The number of hydrogen-bond donors (Lipinski definition) is 1. The van der Waals surface area contributed by atoms with Gasteiger partial charge >= 0.3 is 11.9 Å². The number of ether oxygens (including phenoxy) is 4. The normalized spacial score (nSPS) is 17.6. The Morgan fingerprint density at radius 2 is 1.89 bits per heavy atom. The number of aliphatic carboxylic acids is 1. The second kappa shape index (κ2) is 12.1. The van der Waals surface area contributed by atoms with Crippen molar-refractivity contribution in [1.82, 2.24) is 0 Å². The van der Waals surface area contributed by atoms with E-state index < -0.39 is 34.8 Å². The van der Waals surface area contributed by atoms with Gasteiger partial charge in [0.15, 0.2) is 16.9 Å². The summed E-state index contributed by atoms with van der Waals surface area (Å²) in [5.74, 6) is -1.40. The van der Waals surface area contributed by atoms with Gasteiger partial charge in [-0.2, -0.15) is 0 Å². The molecule has 2 aromatic rings. The van der Waals surface area contributed by atoms with Crippen molar-refractivity contribution in [2.75, 3.05) is 38.0 Å². The molecule has 3 rings (SSSR count). The molecule has 1 heterocycles. The summed E-state index contributed by atoms with van der Waals surface area (Å²) in [5.41, 5.74) is -0.0752. The van der Waals surface area contributed by atoms with Gasteiger partial charge in [0.2, 0.25) is 0 Å².